The summed E-state index contributed by atoms with van der Waals surface area (Å²) in [6.07, 6.45) is 0. The first kappa shape index (κ1) is 9.03. The van der Waals surface area contributed by atoms with Gasteiger partial charge < -0.3 is 10.7 Å². The van der Waals surface area contributed by atoms with Crippen LogP contribution >= 0.6 is 0 Å². The Morgan fingerprint density at radius 2 is 1.75 bits per heavy atom. The van der Waals surface area contributed by atoms with Gasteiger partial charge >= 0.3 is 0 Å². The topological polar surface area (TPSA) is 36.1 Å². The molecule has 1 aromatic carbocycles. The van der Waals surface area contributed by atoms with E-state index in [1.165, 1.54) is 5.56 Å². The highest BCUT2D eigenvalue weighted by Gasteiger charge is 1.90. The quantitative estimate of drug-likeness (QED) is 0.581. The molecule has 0 fully saturated rings. The zero-order valence-electron chi connectivity index (χ0n) is 7.52. The van der Waals surface area contributed by atoms with Crippen LogP contribution in [0.1, 0.15) is 5.56 Å². The van der Waals surface area contributed by atoms with E-state index in [1.807, 2.05) is 26.2 Å². The molecule has 0 aliphatic rings. The van der Waals surface area contributed by atoms with Crippen molar-refractivity contribution in [2.75, 3.05) is 19.5 Å². The van der Waals surface area contributed by atoms with Gasteiger partial charge in [-0.05, 0) is 24.7 Å². The average Bonchev–Trinajstić information content (AvgIpc) is 2.09. The van der Waals surface area contributed by atoms with Crippen LogP contribution in [-0.2, 0) is 6.54 Å². The Hall–Kier alpha value is -1.06. The van der Waals surface area contributed by atoms with Gasteiger partial charge in [0.15, 0.2) is 0 Å². The van der Waals surface area contributed by atoms with E-state index in [4.69, 9.17) is 0 Å². The van der Waals surface area contributed by atoms with E-state index in [0.29, 0.717) is 0 Å². The molecule has 12 heavy (non-hydrogen) atoms. The number of rotatable bonds is 4. The molecule has 0 aromatic heterocycles. The molecule has 1 rings (SSSR count). The molecular weight excluding hydrogens is 150 g/mol. The summed E-state index contributed by atoms with van der Waals surface area (Å²) in [5.41, 5.74) is 8.25. The van der Waals surface area contributed by atoms with E-state index in [1.54, 1.807) is 0 Å². The largest absolute Gasteiger partial charge is 0.322 e. The van der Waals surface area contributed by atoms with Crippen molar-refractivity contribution in [1.82, 2.24) is 10.7 Å². The van der Waals surface area contributed by atoms with Crippen molar-refractivity contribution in [3.8, 4) is 0 Å². The molecule has 0 aliphatic carbocycles. The van der Waals surface area contributed by atoms with Gasteiger partial charge in [-0.3, -0.25) is 0 Å². The van der Waals surface area contributed by atoms with Crippen LogP contribution in [0.4, 0.5) is 5.69 Å². The number of hydrazine groups is 1. The lowest BCUT2D eigenvalue weighted by molar-refractivity contribution is 0.818. The average molecular weight is 165 g/mol. The third kappa shape index (κ3) is 2.53. The maximum Gasteiger partial charge on any atom is 0.0487 e. The third-order valence-electron chi connectivity index (χ3n) is 1.60. The van der Waals surface area contributed by atoms with Crippen molar-refractivity contribution in [1.29, 1.82) is 0 Å². The van der Waals surface area contributed by atoms with Crippen LogP contribution in [-0.4, -0.2) is 14.1 Å². The van der Waals surface area contributed by atoms with Crippen molar-refractivity contribution in [2.45, 2.75) is 6.54 Å². The van der Waals surface area contributed by atoms with Crippen LogP contribution in [0.25, 0.3) is 0 Å². The molecule has 0 amide bonds. The molecule has 3 nitrogen and oxygen atoms in total. The first-order valence-corrected chi connectivity index (χ1v) is 4.03. The number of benzene rings is 1. The van der Waals surface area contributed by atoms with E-state index in [9.17, 15) is 0 Å². The van der Waals surface area contributed by atoms with Gasteiger partial charge in [0.2, 0.25) is 0 Å². The van der Waals surface area contributed by atoms with Gasteiger partial charge in [0.25, 0.3) is 0 Å². The zero-order chi connectivity index (χ0) is 8.81. The molecule has 0 saturated carbocycles. The smallest absolute Gasteiger partial charge is 0.0487 e. The van der Waals surface area contributed by atoms with Crippen LogP contribution in [0.3, 0.4) is 0 Å². The summed E-state index contributed by atoms with van der Waals surface area (Å²) in [6, 6.07) is 8.28. The summed E-state index contributed by atoms with van der Waals surface area (Å²) in [6.45, 7) is 0.917. The first-order chi connectivity index (χ1) is 5.86. The molecule has 0 saturated heterocycles. The van der Waals surface area contributed by atoms with Crippen LogP contribution in [0.2, 0.25) is 0 Å². The summed E-state index contributed by atoms with van der Waals surface area (Å²) < 4.78 is 0. The number of nitrogens with one attached hydrogen (secondary N) is 3. The predicted octanol–water partition coefficient (Wildman–Crippen LogP) is 0.952. The number of anilines is 1. The Labute approximate surface area is 73.1 Å². The molecule has 66 valence electrons. The molecule has 0 heterocycles. The second kappa shape index (κ2) is 4.74. The summed E-state index contributed by atoms with van der Waals surface area (Å²) in [4.78, 5) is 0. The molecule has 0 unspecified atom stereocenters. The lowest BCUT2D eigenvalue weighted by Gasteiger charge is -2.04. The minimum absolute atomic E-state index is 0.917. The fourth-order valence-electron chi connectivity index (χ4n) is 1.05. The maximum absolute atomic E-state index is 3.10. The number of hydrogen-bond donors (Lipinski definition) is 3. The third-order valence-corrected chi connectivity index (χ3v) is 1.60. The highest BCUT2D eigenvalue weighted by Crippen LogP contribution is 2.07. The second-order valence-electron chi connectivity index (χ2n) is 2.60. The molecule has 3 N–H and O–H groups in total. The van der Waals surface area contributed by atoms with Gasteiger partial charge in [-0.15, -0.1) is 0 Å². The fourth-order valence-corrected chi connectivity index (χ4v) is 1.05. The molecule has 0 aliphatic heterocycles. The number of hydrogen-bond acceptors (Lipinski definition) is 3. The van der Waals surface area contributed by atoms with Gasteiger partial charge in [-0.25, -0.2) is 5.43 Å². The Bertz CT molecular complexity index is 193. The van der Waals surface area contributed by atoms with E-state index in [-0.39, 0.29) is 0 Å². The SMILES string of the molecule is CNCc1ccc(NNC)cc1. The highest BCUT2D eigenvalue weighted by atomic mass is 15.3. The minimum atomic E-state index is 0.917. The van der Waals surface area contributed by atoms with E-state index in [0.717, 1.165) is 12.2 Å². The predicted molar refractivity (Wildman–Crippen MR) is 51.9 cm³/mol. The Balaban J connectivity index is 2.58. The van der Waals surface area contributed by atoms with Crippen LogP contribution in [0.15, 0.2) is 24.3 Å². The molecule has 0 radical (unpaired) electrons. The normalized spacial score (nSPS) is 9.83. The monoisotopic (exact) mass is 165 g/mol. The summed E-state index contributed by atoms with van der Waals surface area (Å²) in [7, 11) is 3.79. The van der Waals surface area contributed by atoms with Crippen LogP contribution in [0.5, 0.6) is 0 Å². The van der Waals surface area contributed by atoms with Gasteiger partial charge in [-0.2, -0.15) is 0 Å². The van der Waals surface area contributed by atoms with Crippen molar-refractivity contribution in [3.05, 3.63) is 29.8 Å². The van der Waals surface area contributed by atoms with Crippen molar-refractivity contribution >= 4 is 5.69 Å². The Kier molecular flexibility index (Phi) is 3.57. The van der Waals surface area contributed by atoms with E-state index >= 15 is 0 Å². The highest BCUT2D eigenvalue weighted by molar-refractivity contribution is 5.43. The summed E-state index contributed by atoms with van der Waals surface area (Å²) in [5, 5.41) is 3.10. The summed E-state index contributed by atoms with van der Waals surface area (Å²) in [5.74, 6) is 0. The molecule has 0 spiro atoms. The lowest BCUT2D eigenvalue weighted by atomic mass is 10.2. The van der Waals surface area contributed by atoms with Gasteiger partial charge in [-0.1, -0.05) is 12.1 Å². The fraction of sp³-hybridized carbons (Fsp3) is 0.333. The minimum Gasteiger partial charge on any atom is -0.322 e. The lowest BCUT2D eigenvalue weighted by Crippen LogP contribution is -2.14. The van der Waals surface area contributed by atoms with Crippen molar-refractivity contribution in [3.63, 3.8) is 0 Å². The maximum atomic E-state index is 3.10. The van der Waals surface area contributed by atoms with Gasteiger partial charge in [0.05, 0.1) is 0 Å². The van der Waals surface area contributed by atoms with Gasteiger partial charge in [0, 0.05) is 19.3 Å². The van der Waals surface area contributed by atoms with Crippen LogP contribution in [0, 0.1) is 0 Å². The van der Waals surface area contributed by atoms with Crippen molar-refractivity contribution in [2.24, 2.45) is 0 Å². The molecule has 3 heteroatoms. The Morgan fingerprint density at radius 1 is 1.08 bits per heavy atom. The standard InChI is InChI=1S/C9H15N3/c1-10-7-8-3-5-9(6-4-8)12-11-2/h3-6,10-12H,7H2,1-2H3. The summed E-state index contributed by atoms with van der Waals surface area (Å²) >= 11 is 0. The zero-order valence-corrected chi connectivity index (χ0v) is 7.52. The van der Waals surface area contributed by atoms with Crippen molar-refractivity contribution < 1.29 is 0 Å². The van der Waals surface area contributed by atoms with Gasteiger partial charge in [0.1, 0.15) is 0 Å². The Morgan fingerprint density at radius 3 is 2.25 bits per heavy atom. The molecule has 0 bridgehead atoms. The van der Waals surface area contributed by atoms with Crippen LogP contribution < -0.4 is 16.2 Å². The van der Waals surface area contributed by atoms with E-state index in [2.05, 4.69) is 28.3 Å². The second-order valence-corrected chi connectivity index (χ2v) is 2.60. The molecule has 0 atom stereocenters. The molecular formula is C9H15N3. The molecule has 1 aromatic rings. The van der Waals surface area contributed by atoms with E-state index < -0.39 is 0 Å². The first-order valence-electron chi connectivity index (χ1n) is 4.03.